The van der Waals surface area contributed by atoms with Gasteiger partial charge in [-0.05, 0) is 66.4 Å². The number of nitrogens with one attached hydrogen (secondary N) is 4. The maximum absolute atomic E-state index is 12.1. The second kappa shape index (κ2) is 11.2. The number of aromatic nitrogens is 2. The fourth-order valence-corrected chi connectivity index (χ4v) is 4.90. The molecule has 2 amide bonds. The number of hydrogen-bond acceptors (Lipinski definition) is 8. The van der Waals surface area contributed by atoms with E-state index in [0.29, 0.717) is 11.3 Å². The van der Waals surface area contributed by atoms with Gasteiger partial charge in [0.15, 0.2) is 11.4 Å². The van der Waals surface area contributed by atoms with Gasteiger partial charge in [-0.25, -0.2) is 9.78 Å². The molecule has 1 atom stereocenters. The molecule has 37 heavy (non-hydrogen) atoms. The second-order valence-corrected chi connectivity index (χ2v) is 9.97. The minimum absolute atomic E-state index is 0.318. The van der Waals surface area contributed by atoms with Gasteiger partial charge < -0.3 is 21.1 Å². The van der Waals surface area contributed by atoms with Crippen molar-refractivity contribution in [1.82, 2.24) is 9.97 Å². The number of nitrogens with zero attached hydrogens (tertiary/aromatic N) is 2. The summed E-state index contributed by atoms with van der Waals surface area (Å²) in [6.45, 7) is 2.01. The predicted molar refractivity (Wildman–Crippen MR) is 152 cm³/mol. The van der Waals surface area contributed by atoms with Crippen molar-refractivity contribution in [2.24, 2.45) is 0 Å². The molecular weight excluding hydrogens is 504 g/mol. The largest absolute Gasteiger partial charge is 0.369 e. The number of aliphatic hydroxyl groups excluding tert-OH is 1. The molecule has 10 heteroatoms. The number of benzene rings is 2. The Morgan fingerprint density at radius 2 is 1.81 bits per heavy atom. The van der Waals surface area contributed by atoms with Gasteiger partial charge in [0.1, 0.15) is 0 Å². The number of thiophene rings is 1. The first-order chi connectivity index (χ1) is 18.0. The Morgan fingerprint density at radius 1 is 0.973 bits per heavy atom. The zero-order valence-corrected chi connectivity index (χ0v) is 21.4. The number of carbonyl (C=O) groups is 1. The van der Waals surface area contributed by atoms with Crippen LogP contribution in [0.5, 0.6) is 0 Å². The quantitative estimate of drug-likeness (QED) is 0.138. The third-order valence-electron chi connectivity index (χ3n) is 5.49. The van der Waals surface area contributed by atoms with Crippen LogP contribution in [0.1, 0.15) is 17.4 Å². The molecule has 3 heterocycles. The lowest BCUT2D eigenvalue weighted by molar-refractivity contribution is 0.208. The number of hydrogen-bond donors (Lipinski definition) is 5. The van der Waals surface area contributed by atoms with Crippen LogP contribution in [-0.2, 0) is 0 Å². The SMILES string of the molecule is Cc1ccc(NC(O)c2ccc(NC(=O)Nc3cccs3)cc2)cc1Nc1nc(-c2cccnc2)cs1. The van der Waals surface area contributed by atoms with Crippen LogP contribution in [0.25, 0.3) is 11.3 Å². The molecule has 0 saturated carbocycles. The molecule has 0 saturated heterocycles. The van der Waals surface area contributed by atoms with Gasteiger partial charge in [0.25, 0.3) is 0 Å². The lowest BCUT2D eigenvalue weighted by atomic mass is 10.1. The van der Waals surface area contributed by atoms with Crippen molar-refractivity contribution in [3.05, 3.63) is 101 Å². The van der Waals surface area contributed by atoms with Crippen LogP contribution in [0.15, 0.2) is 89.9 Å². The number of aryl methyl sites for hydroxylation is 1. The van der Waals surface area contributed by atoms with Gasteiger partial charge in [0.05, 0.1) is 10.7 Å². The summed E-state index contributed by atoms with van der Waals surface area (Å²) in [5, 5.41) is 28.2. The van der Waals surface area contributed by atoms with Crippen LogP contribution in [0.3, 0.4) is 0 Å². The van der Waals surface area contributed by atoms with E-state index in [-0.39, 0.29) is 6.03 Å². The average Bonchev–Trinajstić information content (AvgIpc) is 3.59. The van der Waals surface area contributed by atoms with E-state index >= 15 is 0 Å². The molecule has 186 valence electrons. The van der Waals surface area contributed by atoms with Crippen molar-refractivity contribution >= 4 is 55.9 Å². The Morgan fingerprint density at radius 3 is 2.57 bits per heavy atom. The standard InChI is InChI=1S/C27H24N6O2S2/c1-17-6-9-21(14-22(17)31-27-32-23(16-37-27)19-4-2-12-28-15-19)29-25(34)18-7-10-20(11-8-18)30-26(35)33-24-5-3-13-36-24/h2-16,25,29,34H,1H3,(H,31,32)(H2,30,33,35). The number of amides is 2. The van der Waals surface area contributed by atoms with Crippen molar-refractivity contribution in [2.75, 3.05) is 21.3 Å². The van der Waals surface area contributed by atoms with E-state index in [0.717, 1.165) is 38.3 Å². The molecular formula is C27H24N6O2S2. The molecule has 5 rings (SSSR count). The van der Waals surface area contributed by atoms with Crippen LogP contribution in [-0.4, -0.2) is 21.1 Å². The summed E-state index contributed by atoms with van der Waals surface area (Å²) in [6.07, 6.45) is 2.60. The number of aliphatic hydroxyl groups is 1. The number of anilines is 5. The van der Waals surface area contributed by atoms with Gasteiger partial charge in [-0.15, -0.1) is 22.7 Å². The highest BCUT2D eigenvalue weighted by Crippen LogP contribution is 2.30. The fourth-order valence-electron chi connectivity index (χ4n) is 3.55. The first-order valence-electron chi connectivity index (χ1n) is 11.4. The highest BCUT2D eigenvalue weighted by molar-refractivity contribution is 7.14. The summed E-state index contributed by atoms with van der Waals surface area (Å²) < 4.78 is 0. The topological polar surface area (TPSA) is 111 Å². The van der Waals surface area contributed by atoms with Gasteiger partial charge in [-0.2, -0.15) is 0 Å². The minimum Gasteiger partial charge on any atom is -0.369 e. The lowest BCUT2D eigenvalue weighted by Gasteiger charge is -2.17. The Balaban J connectivity index is 1.21. The van der Waals surface area contributed by atoms with Crippen molar-refractivity contribution in [3.8, 4) is 11.3 Å². The highest BCUT2D eigenvalue weighted by atomic mass is 32.1. The second-order valence-electron chi connectivity index (χ2n) is 8.16. The third-order valence-corrected chi connectivity index (χ3v) is 7.03. The molecule has 2 aromatic carbocycles. The van der Waals surface area contributed by atoms with Crippen molar-refractivity contribution in [2.45, 2.75) is 13.2 Å². The van der Waals surface area contributed by atoms with Crippen LogP contribution in [0, 0.1) is 6.92 Å². The first kappa shape index (κ1) is 24.4. The number of rotatable bonds is 8. The average molecular weight is 529 g/mol. The van der Waals surface area contributed by atoms with Crippen molar-refractivity contribution in [1.29, 1.82) is 0 Å². The van der Waals surface area contributed by atoms with Crippen molar-refractivity contribution < 1.29 is 9.90 Å². The maximum Gasteiger partial charge on any atom is 0.324 e. The number of pyridine rings is 1. The summed E-state index contributed by atoms with van der Waals surface area (Å²) >= 11 is 2.97. The summed E-state index contributed by atoms with van der Waals surface area (Å²) in [6, 6.07) is 20.1. The number of urea groups is 1. The smallest absolute Gasteiger partial charge is 0.324 e. The normalized spacial score (nSPS) is 11.5. The molecule has 0 aliphatic heterocycles. The molecule has 5 N–H and O–H groups in total. The van der Waals surface area contributed by atoms with Crippen molar-refractivity contribution in [3.63, 3.8) is 0 Å². The first-order valence-corrected chi connectivity index (χ1v) is 13.2. The summed E-state index contributed by atoms with van der Waals surface area (Å²) in [4.78, 5) is 20.9. The van der Waals surface area contributed by atoms with Gasteiger partial charge in [0, 0.05) is 46.0 Å². The van der Waals surface area contributed by atoms with E-state index in [9.17, 15) is 9.90 Å². The van der Waals surface area contributed by atoms with E-state index in [4.69, 9.17) is 0 Å². The third kappa shape index (κ3) is 6.31. The minimum atomic E-state index is -0.929. The zero-order valence-electron chi connectivity index (χ0n) is 19.8. The van der Waals surface area contributed by atoms with E-state index < -0.39 is 6.23 Å². The summed E-state index contributed by atoms with van der Waals surface area (Å²) in [7, 11) is 0. The molecule has 0 radical (unpaired) electrons. The van der Waals surface area contributed by atoms with Crippen LogP contribution in [0.4, 0.5) is 32.0 Å². The van der Waals surface area contributed by atoms with Gasteiger partial charge in [-0.1, -0.05) is 18.2 Å². The van der Waals surface area contributed by atoms with E-state index in [1.807, 2.05) is 60.1 Å². The molecule has 1 unspecified atom stereocenters. The fraction of sp³-hybridized carbons (Fsp3) is 0.0741. The molecule has 5 aromatic rings. The molecule has 0 aliphatic carbocycles. The van der Waals surface area contributed by atoms with E-state index in [1.165, 1.54) is 22.7 Å². The predicted octanol–water partition coefficient (Wildman–Crippen LogP) is 7.07. The number of carbonyl (C=O) groups excluding carboxylic acids is 1. The molecule has 0 bridgehead atoms. The van der Waals surface area contributed by atoms with Gasteiger partial charge in [0.2, 0.25) is 0 Å². The van der Waals surface area contributed by atoms with E-state index in [2.05, 4.69) is 31.2 Å². The Labute approximate surface area is 222 Å². The summed E-state index contributed by atoms with van der Waals surface area (Å²) in [5.74, 6) is 0. The monoisotopic (exact) mass is 528 g/mol. The molecule has 8 nitrogen and oxygen atoms in total. The van der Waals surface area contributed by atoms with Crippen LogP contribution in [0.2, 0.25) is 0 Å². The zero-order chi connectivity index (χ0) is 25.6. The lowest BCUT2D eigenvalue weighted by Crippen LogP contribution is -2.18. The van der Waals surface area contributed by atoms with Gasteiger partial charge in [-0.3, -0.25) is 10.3 Å². The molecule has 0 aliphatic rings. The van der Waals surface area contributed by atoms with Crippen LogP contribution >= 0.6 is 22.7 Å². The molecule has 0 fully saturated rings. The Kier molecular flexibility index (Phi) is 7.41. The highest BCUT2D eigenvalue weighted by Gasteiger charge is 2.11. The van der Waals surface area contributed by atoms with E-state index in [1.54, 1.807) is 36.7 Å². The van der Waals surface area contributed by atoms with Crippen LogP contribution < -0.4 is 21.3 Å². The molecule has 3 aromatic heterocycles. The molecule has 0 spiro atoms. The number of thiazole rings is 1. The Hall–Kier alpha value is -4.25. The summed E-state index contributed by atoms with van der Waals surface area (Å²) in [5.41, 5.74) is 5.81. The maximum atomic E-state index is 12.1. The van der Waals surface area contributed by atoms with Gasteiger partial charge >= 0.3 is 6.03 Å². The Bertz CT molecular complexity index is 1470.